The number of halogens is 3. The summed E-state index contributed by atoms with van der Waals surface area (Å²) in [5, 5.41) is 14.2. The van der Waals surface area contributed by atoms with Crippen LogP contribution in [0.3, 0.4) is 0 Å². The number of aliphatic carboxylic acids is 1. The Morgan fingerprint density at radius 1 is 0.894 bits per heavy atom. The number of hydrogen-bond acceptors (Lipinski definition) is 7. The molecular formula is C53H51Cl2FN4O6. The number of nitrogens with one attached hydrogen (secondary N) is 1. The predicted molar refractivity (Wildman–Crippen MR) is 253 cm³/mol. The number of pyridine rings is 1. The van der Waals surface area contributed by atoms with Crippen molar-refractivity contribution in [3.05, 3.63) is 181 Å². The minimum Gasteiger partial charge on any atom is -0.486 e. The van der Waals surface area contributed by atoms with Crippen molar-refractivity contribution < 1.29 is 33.4 Å². The molecule has 2 aliphatic rings. The van der Waals surface area contributed by atoms with Crippen molar-refractivity contribution in [3.8, 4) is 22.6 Å². The number of ether oxygens (including phenoxy) is 2. The van der Waals surface area contributed by atoms with Crippen LogP contribution in [0.2, 0.25) is 10.0 Å². The maximum atomic E-state index is 14.5. The molecule has 6 aromatic rings. The first-order valence-electron chi connectivity index (χ1n) is 22.0. The quantitative estimate of drug-likeness (QED) is 0.117. The van der Waals surface area contributed by atoms with Crippen molar-refractivity contribution in [1.82, 2.24) is 20.1 Å². The molecule has 0 fully saturated rings. The van der Waals surface area contributed by atoms with Crippen LogP contribution in [0.5, 0.6) is 11.5 Å². The molecule has 0 radical (unpaired) electrons. The molecule has 66 heavy (non-hydrogen) atoms. The highest BCUT2D eigenvalue weighted by atomic mass is 35.5. The van der Waals surface area contributed by atoms with Crippen LogP contribution >= 0.6 is 23.2 Å². The molecule has 10 nitrogen and oxygen atoms in total. The second-order valence-electron chi connectivity index (χ2n) is 17.1. The van der Waals surface area contributed by atoms with Crippen molar-refractivity contribution in [3.63, 3.8) is 0 Å². The molecule has 0 saturated heterocycles. The average Bonchev–Trinajstić information content (AvgIpc) is 3.49. The molecule has 0 aliphatic carbocycles. The number of fused-ring (bicyclic) bond motifs is 2. The van der Waals surface area contributed by atoms with Crippen LogP contribution in [0.25, 0.3) is 11.1 Å². The van der Waals surface area contributed by atoms with Gasteiger partial charge in [-0.05, 0) is 131 Å². The van der Waals surface area contributed by atoms with Gasteiger partial charge in [-0.25, -0.2) is 9.18 Å². The van der Waals surface area contributed by atoms with Gasteiger partial charge >= 0.3 is 5.97 Å². The Kier molecular flexibility index (Phi) is 14.1. The summed E-state index contributed by atoms with van der Waals surface area (Å²) in [6, 6.07) is 31.0. The van der Waals surface area contributed by atoms with E-state index in [9.17, 15) is 23.9 Å². The van der Waals surface area contributed by atoms with Crippen LogP contribution < -0.4 is 14.8 Å². The molecule has 13 heteroatoms. The van der Waals surface area contributed by atoms with E-state index >= 15 is 0 Å². The van der Waals surface area contributed by atoms with E-state index in [-0.39, 0.29) is 31.4 Å². The summed E-state index contributed by atoms with van der Waals surface area (Å²) in [6.07, 6.45) is 2.05. The second kappa shape index (κ2) is 20.1. The van der Waals surface area contributed by atoms with Crippen molar-refractivity contribution in [2.75, 3.05) is 6.54 Å². The Balaban J connectivity index is 1.03. The topological polar surface area (TPSA) is 121 Å². The van der Waals surface area contributed by atoms with Gasteiger partial charge in [0.05, 0.1) is 22.6 Å². The Labute approximate surface area is 394 Å². The summed E-state index contributed by atoms with van der Waals surface area (Å²) >= 11 is 12.5. The maximum absolute atomic E-state index is 14.5. The third-order valence-corrected chi connectivity index (χ3v) is 13.4. The van der Waals surface area contributed by atoms with E-state index in [1.54, 1.807) is 29.3 Å². The van der Waals surface area contributed by atoms with Crippen LogP contribution in [-0.4, -0.2) is 56.3 Å². The Hall–Kier alpha value is -6.27. The standard InChI is InChI=1S/C53H51Cl2FN4O6/c1-5-49(38-15-18-45(54)46(55)24-38)65-43-16-13-37(14-17-43)51-30-59(33(4)61)29-41-23-39-25-48(60(28-40(39)26-50(41)66-51)27-35-7-6-8-42(56)21-35)52(62)58-47(53(63)64)22-34-9-11-36(12-10-34)44-19-20-57-32(3)31(44)2/h6-21,23-24,26,47-49,51H,5,22,25,27-30H2,1-4H3,(H,58,62)(H,63,64)/t47-,48-,49-,51+/m0/s1. The first-order chi connectivity index (χ1) is 31.7. The van der Waals surface area contributed by atoms with E-state index in [1.165, 1.54) is 19.1 Å². The lowest BCUT2D eigenvalue weighted by molar-refractivity contribution is -0.143. The van der Waals surface area contributed by atoms with Gasteiger partial charge in [0.2, 0.25) is 11.8 Å². The summed E-state index contributed by atoms with van der Waals surface area (Å²) in [7, 11) is 0. The van der Waals surface area contributed by atoms with Gasteiger partial charge in [0.15, 0.2) is 0 Å². The molecule has 5 aromatic carbocycles. The van der Waals surface area contributed by atoms with Gasteiger partial charge in [-0.3, -0.25) is 19.5 Å². The monoisotopic (exact) mass is 928 g/mol. The van der Waals surface area contributed by atoms with Crippen LogP contribution in [0.4, 0.5) is 4.39 Å². The van der Waals surface area contributed by atoms with Crippen molar-refractivity contribution >= 4 is 41.0 Å². The fourth-order valence-electron chi connectivity index (χ4n) is 8.83. The third kappa shape index (κ3) is 10.5. The SMILES string of the molecule is CC[C@H](Oc1ccc([C@H]2CN(C(C)=O)Cc3cc4c(cc3O2)CN(Cc2cccc(F)c2)[C@H](C(=O)N[C@@H](Cc2ccc(-c3ccnc(C)c3C)cc2)C(=O)O)C4)cc1)c1ccc(Cl)c(Cl)c1. The molecule has 4 atom stereocenters. The van der Waals surface area contributed by atoms with E-state index in [0.29, 0.717) is 53.2 Å². The largest absolute Gasteiger partial charge is 0.486 e. The minimum absolute atomic E-state index is 0.0730. The first kappa shape index (κ1) is 46.3. The number of carbonyl (C=O) groups is 3. The number of rotatable bonds is 13. The number of hydrogen-bond donors (Lipinski definition) is 2. The highest BCUT2D eigenvalue weighted by Crippen LogP contribution is 2.38. The number of carbonyl (C=O) groups excluding carboxylic acids is 2. The number of nitrogens with zero attached hydrogens (tertiary/aromatic N) is 3. The highest BCUT2D eigenvalue weighted by Gasteiger charge is 2.36. The molecular weight excluding hydrogens is 879 g/mol. The van der Waals surface area contributed by atoms with Crippen LogP contribution in [0.15, 0.2) is 115 Å². The molecule has 0 saturated carbocycles. The Bertz CT molecular complexity index is 2770. The number of carboxylic acids is 1. The summed E-state index contributed by atoms with van der Waals surface area (Å²) in [5.41, 5.74) is 9.82. The molecule has 3 heterocycles. The maximum Gasteiger partial charge on any atom is 0.326 e. The fourth-order valence-corrected chi connectivity index (χ4v) is 9.13. The molecule has 0 bridgehead atoms. The summed E-state index contributed by atoms with van der Waals surface area (Å²) in [5.74, 6) is -0.831. The van der Waals surface area contributed by atoms with Crippen molar-refractivity contribution in [1.29, 1.82) is 0 Å². The first-order valence-corrected chi connectivity index (χ1v) is 22.8. The summed E-state index contributed by atoms with van der Waals surface area (Å²) in [6.45, 7) is 8.68. The average molecular weight is 930 g/mol. The van der Waals surface area contributed by atoms with E-state index in [0.717, 1.165) is 55.8 Å². The lowest BCUT2D eigenvalue weighted by atomic mass is 9.90. The van der Waals surface area contributed by atoms with Crippen LogP contribution in [0.1, 0.15) is 82.7 Å². The molecule has 340 valence electrons. The highest BCUT2D eigenvalue weighted by molar-refractivity contribution is 6.42. The zero-order valence-electron chi connectivity index (χ0n) is 37.2. The Morgan fingerprint density at radius 2 is 1.67 bits per heavy atom. The molecule has 2 N–H and O–H groups in total. The van der Waals surface area contributed by atoms with Gasteiger partial charge in [-0.15, -0.1) is 0 Å². The van der Waals surface area contributed by atoms with Crippen molar-refractivity contribution in [2.24, 2.45) is 0 Å². The number of amides is 2. The molecule has 2 amide bonds. The van der Waals surface area contributed by atoms with Gasteiger partial charge < -0.3 is 24.8 Å². The van der Waals surface area contributed by atoms with Gasteiger partial charge in [-0.2, -0.15) is 0 Å². The zero-order chi connectivity index (χ0) is 46.6. The van der Waals surface area contributed by atoms with Crippen LogP contribution in [0, 0.1) is 19.7 Å². The molecule has 0 spiro atoms. The number of carboxylic acid groups (broad SMARTS) is 1. The molecule has 8 rings (SSSR count). The predicted octanol–water partition coefficient (Wildman–Crippen LogP) is 10.6. The van der Waals surface area contributed by atoms with E-state index in [4.69, 9.17) is 32.7 Å². The normalized spacial score (nSPS) is 16.8. The summed E-state index contributed by atoms with van der Waals surface area (Å²) in [4.78, 5) is 48.2. The molecule has 0 unspecified atom stereocenters. The number of aryl methyl sites for hydroxylation is 1. The number of aromatic nitrogens is 1. The lowest BCUT2D eigenvalue weighted by Crippen LogP contribution is -2.54. The van der Waals surface area contributed by atoms with E-state index < -0.39 is 35.9 Å². The number of benzene rings is 5. The summed E-state index contributed by atoms with van der Waals surface area (Å²) < 4.78 is 27.6. The Morgan fingerprint density at radius 3 is 2.36 bits per heavy atom. The van der Waals surface area contributed by atoms with E-state index in [1.807, 2.05) is 105 Å². The third-order valence-electron chi connectivity index (χ3n) is 12.6. The van der Waals surface area contributed by atoms with Crippen LogP contribution in [-0.2, 0) is 46.9 Å². The smallest absolute Gasteiger partial charge is 0.326 e. The van der Waals surface area contributed by atoms with Gasteiger partial charge in [0, 0.05) is 50.4 Å². The van der Waals surface area contributed by atoms with Gasteiger partial charge in [0.25, 0.3) is 0 Å². The molecule has 2 aliphatic heterocycles. The van der Waals surface area contributed by atoms with Crippen molar-refractivity contribution in [2.45, 2.75) is 90.9 Å². The molecule has 1 aromatic heterocycles. The second-order valence-corrected chi connectivity index (χ2v) is 17.9. The zero-order valence-corrected chi connectivity index (χ0v) is 38.7. The lowest BCUT2D eigenvalue weighted by Gasteiger charge is -2.37. The van der Waals surface area contributed by atoms with Gasteiger partial charge in [-0.1, -0.05) is 84.7 Å². The van der Waals surface area contributed by atoms with E-state index in [2.05, 4.69) is 10.3 Å². The minimum atomic E-state index is -1.21. The fraction of sp³-hybridized carbons (Fsp3) is 0.283. The van der Waals surface area contributed by atoms with Gasteiger partial charge in [0.1, 0.15) is 35.6 Å².